The molecule has 0 spiro atoms. The summed E-state index contributed by atoms with van der Waals surface area (Å²) in [6, 6.07) is 0. The van der Waals surface area contributed by atoms with E-state index >= 15 is 0 Å². The molecule has 0 aromatic carbocycles. The van der Waals surface area contributed by atoms with Gasteiger partial charge >= 0.3 is 0 Å². The minimum atomic E-state index is 0.336. The second-order valence-electron chi connectivity index (χ2n) is 5.61. The Morgan fingerprint density at radius 3 is 2.33 bits per heavy atom. The van der Waals surface area contributed by atoms with Crippen LogP contribution >= 0.6 is 0 Å². The average molecular weight is 253 g/mol. The Morgan fingerprint density at radius 2 is 1.78 bits per heavy atom. The lowest BCUT2D eigenvalue weighted by atomic mass is 10.1. The Labute approximate surface area is 111 Å². The number of carbonyl (C=O) groups excluding carboxylic acids is 1. The predicted octanol–water partition coefficient (Wildman–Crippen LogP) is 0.882. The van der Waals surface area contributed by atoms with Crippen molar-refractivity contribution < 1.29 is 4.79 Å². The third-order valence-electron chi connectivity index (χ3n) is 4.48. The highest BCUT2D eigenvalue weighted by molar-refractivity contribution is 5.78. The lowest BCUT2D eigenvalue weighted by Gasteiger charge is -2.34. The van der Waals surface area contributed by atoms with Crippen molar-refractivity contribution in [3.05, 3.63) is 0 Å². The van der Waals surface area contributed by atoms with Crippen molar-refractivity contribution in [2.75, 3.05) is 52.4 Å². The van der Waals surface area contributed by atoms with Crippen LogP contribution in [-0.4, -0.2) is 73.0 Å². The molecule has 2 aliphatic heterocycles. The van der Waals surface area contributed by atoms with Crippen molar-refractivity contribution in [3.63, 3.8) is 0 Å². The van der Waals surface area contributed by atoms with E-state index in [4.69, 9.17) is 0 Å². The van der Waals surface area contributed by atoms with Gasteiger partial charge in [0.2, 0.25) is 5.91 Å². The Kier molecular flexibility index (Phi) is 5.01. The number of amides is 1. The summed E-state index contributed by atoms with van der Waals surface area (Å²) in [4.78, 5) is 19.0. The zero-order chi connectivity index (χ0) is 13.0. The number of piperazine rings is 1. The maximum Gasteiger partial charge on any atom is 0.236 e. The molecule has 0 radical (unpaired) electrons. The van der Waals surface area contributed by atoms with E-state index in [1.165, 1.54) is 12.8 Å². The summed E-state index contributed by atoms with van der Waals surface area (Å²) < 4.78 is 0. The van der Waals surface area contributed by atoms with Crippen molar-refractivity contribution in [2.45, 2.75) is 26.7 Å². The molecule has 0 saturated carbocycles. The first-order valence-electron chi connectivity index (χ1n) is 7.45. The van der Waals surface area contributed by atoms with E-state index in [9.17, 15) is 4.79 Å². The zero-order valence-corrected chi connectivity index (χ0v) is 11.9. The van der Waals surface area contributed by atoms with Gasteiger partial charge in [-0.25, -0.2) is 0 Å². The molecule has 2 aliphatic rings. The van der Waals surface area contributed by atoms with Gasteiger partial charge in [-0.15, -0.1) is 0 Å². The van der Waals surface area contributed by atoms with Crippen LogP contribution in [0, 0.1) is 5.92 Å². The molecule has 0 bridgehead atoms. The molecule has 0 aliphatic carbocycles. The molecule has 4 nitrogen and oxygen atoms in total. The second kappa shape index (κ2) is 6.53. The fourth-order valence-corrected chi connectivity index (χ4v) is 2.99. The van der Waals surface area contributed by atoms with Gasteiger partial charge in [0.25, 0.3) is 0 Å². The van der Waals surface area contributed by atoms with E-state index in [2.05, 4.69) is 23.6 Å². The van der Waals surface area contributed by atoms with Crippen molar-refractivity contribution in [1.29, 1.82) is 0 Å². The van der Waals surface area contributed by atoms with Crippen LogP contribution in [0.2, 0.25) is 0 Å². The first kappa shape index (κ1) is 13.8. The fourth-order valence-electron chi connectivity index (χ4n) is 2.99. The minimum absolute atomic E-state index is 0.336. The van der Waals surface area contributed by atoms with E-state index in [1.54, 1.807) is 0 Å². The van der Waals surface area contributed by atoms with Gasteiger partial charge in [0.1, 0.15) is 0 Å². The van der Waals surface area contributed by atoms with Gasteiger partial charge < -0.3 is 9.80 Å². The molecular formula is C14H27N3O. The van der Waals surface area contributed by atoms with Gasteiger partial charge in [-0.2, -0.15) is 0 Å². The van der Waals surface area contributed by atoms with Crippen LogP contribution in [0.1, 0.15) is 26.7 Å². The Bertz CT molecular complexity index is 274. The average Bonchev–Trinajstić information content (AvgIpc) is 2.86. The third-order valence-corrected chi connectivity index (χ3v) is 4.48. The number of likely N-dealkylation sites (tertiary alicyclic amines) is 1. The van der Waals surface area contributed by atoms with E-state index in [1.807, 2.05) is 4.90 Å². The molecule has 0 aromatic heterocycles. The van der Waals surface area contributed by atoms with E-state index in [0.717, 1.165) is 51.7 Å². The highest BCUT2D eigenvalue weighted by Crippen LogP contribution is 2.18. The summed E-state index contributed by atoms with van der Waals surface area (Å²) in [5.41, 5.74) is 0. The molecular weight excluding hydrogens is 226 g/mol. The molecule has 2 heterocycles. The summed E-state index contributed by atoms with van der Waals surface area (Å²) in [5, 5.41) is 0. The smallest absolute Gasteiger partial charge is 0.236 e. The number of likely N-dealkylation sites (N-methyl/N-ethyl adjacent to an activating group) is 1. The van der Waals surface area contributed by atoms with Crippen LogP contribution in [0.15, 0.2) is 0 Å². The maximum absolute atomic E-state index is 12.2. The Morgan fingerprint density at radius 1 is 1.06 bits per heavy atom. The van der Waals surface area contributed by atoms with Gasteiger partial charge in [0, 0.05) is 32.7 Å². The largest absolute Gasteiger partial charge is 0.339 e. The van der Waals surface area contributed by atoms with Gasteiger partial charge in [0.05, 0.1) is 6.54 Å². The number of carbonyl (C=O) groups is 1. The molecule has 0 unspecified atom stereocenters. The van der Waals surface area contributed by atoms with Crippen molar-refractivity contribution in [1.82, 2.24) is 14.7 Å². The zero-order valence-electron chi connectivity index (χ0n) is 11.9. The molecule has 1 atom stereocenters. The molecule has 18 heavy (non-hydrogen) atoms. The van der Waals surface area contributed by atoms with Crippen LogP contribution < -0.4 is 0 Å². The minimum Gasteiger partial charge on any atom is -0.339 e. The molecule has 1 amide bonds. The Balaban J connectivity index is 1.72. The standard InChI is InChI=1S/C14H27N3O/c1-3-13-5-6-16(11-13)12-14(18)17-9-7-15(4-2)8-10-17/h13H,3-12H2,1-2H3/t13-/m0/s1. The molecule has 0 N–H and O–H groups in total. The van der Waals surface area contributed by atoms with Gasteiger partial charge in [-0.05, 0) is 25.4 Å². The Hall–Kier alpha value is -0.610. The summed E-state index contributed by atoms with van der Waals surface area (Å²) in [7, 11) is 0. The van der Waals surface area contributed by atoms with E-state index in [-0.39, 0.29) is 0 Å². The van der Waals surface area contributed by atoms with Crippen molar-refractivity contribution in [3.8, 4) is 0 Å². The first-order valence-corrected chi connectivity index (χ1v) is 7.45. The fraction of sp³-hybridized carbons (Fsp3) is 0.929. The van der Waals surface area contributed by atoms with Gasteiger partial charge in [-0.3, -0.25) is 9.69 Å². The highest BCUT2D eigenvalue weighted by Gasteiger charge is 2.26. The number of hydrogen-bond acceptors (Lipinski definition) is 3. The van der Waals surface area contributed by atoms with Gasteiger partial charge in [-0.1, -0.05) is 20.3 Å². The summed E-state index contributed by atoms with van der Waals surface area (Å²) in [6.07, 6.45) is 2.52. The lowest BCUT2D eigenvalue weighted by molar-refractivity contribution is -0.133. The van der Waals surface area contributed by atoms with Crippen LogP contribution in [0.25, 0.3) is 0 Å². The molecule has 0 aromatic rings. The van der Waals surface area contributed by atoms with Gasteiger partial charge in [0.15, 0.2) is 0 Å². The van der Waals surface area contributed by atoms with Crippen molar-refractivity contribution >= 4 is 5.91 Å². The maximum atomic E-state index is 12.2. The molecule has 4 heteroatoms. The third kappa shape index (κ3) is 3.45. The van der Waals surface area contributed by atoms with E-state index < -0.39 is 0 Å². The van der Waals surface area contributed by atoms with Crippen molar-refractivity contribution in [2.24, 2.45) is 5.92 Å². The molecule has 104 valence electrons. The lowest BCUT2D eigenvalue weighted by Crippen LogP contribution is -2.50. The SMILES string of the molecule is CC[C@H]1CCN(CC(=O)N2CCN(CC)CC2)C1. The number of nitrogens with zero attached hydrogens (tertiary/aromatic N) is 3. The van der Waals surface area contributed by atoms with Crippen LogP contribution in [0.5, 0.6) is 0 Å². The monoisotopic (exact) mass is 253 g/mol. The number of hydrogen-bond donors (Lipinski definition) is 0. The topological polar surface area (TPSA) is 26.8 Å². The van der Waals surface area contributed by atoms with Crippen LogP contribution in [0.3, 0.4) is 0 Å². The number of rotatable bonds is 4. The summed E-state index contributed by atoms with van der Waals surface area (Å²) in [5.74, 6) is 1.15. The van der Waals surface area contributed by atoms with Crippen LogP contribution in [0.4, 0.5) is 0 Å². The quantitative estimate of drug-likeness (QED) is 0.744. The summed E-state index contributed by atoms with van der Waals surface area (Å²) >= 11 is 0. The summed E-state index contributed by atoms with van der Waals surface area (Å²) in [6.45, 7) is 12.3. The molecule has 2 saturated heterocycles. The molecule has 2 rings (SSSR count). The van der Waals surface area contributed by atoms with Crippen LogP contribution in [-0.2, 0) is 4.79 Å². The predicted molar refractivity (Wildman–Crippen MR) is 73.5 cm³/mol. The second-order valence-corrected chi connectivity index (χ2v) is 5.61. The highest BCUT2D eigenvalue weighted by atomic mass is 16.2. The molecule has 2 fully saturated rings. The normalized spacial score (nSPS) is 26.8. The van der Waals surface area contributed by atoms with E-state index in [0.29, 0.717) is 12.5 Å². The first-order chi connectivity index (χ1) is 8.72.